The fourth-order valence-electron chi connectivity index (χ4n) is 3.58. The lowest BCUT2D eigenvalue weighted by atomic mass is 10.2. The summed E-state index contributed by atoms with van der Waals surface area (Å²) >= 11 is 0. The Morgan fingerprint density at radius 2 is 1.97 bits per heavy atom. The molecule has 1 aliphatic heterocycles. The molecule has 1 aliphatic rings. The molecular formula is C21H24N6O2. The number of carbonyl (C=O) groups excluding carboxylic acids is 1. The van der Waals surface area contributed by atoms with Crippen LogP contribution in [-0.2, 0) is 6.54 Å². The van der Waals surface area contributed by atoms with Gasteiger partial charge in [0.2, 0.25) is 0 Å². The van der Waals surface area contributed by atoms with Gasteiger partial charge in [-0.05, 0) is 31.2 Å². The second-order valence-corrected chi connectivity index (χ2v) is 7.05. The number of H-pyrrole nitrogens is 1. The maximum atomic E-state index is 12.3. The molecule has 0 bridgehead atoms. The van der Waals surface area contributed by atoms with Gasteiger partial charge in [0, 0.05) is 44.6 Å². The van der Waals surface area contributed by atoms with Crippen LogP contribution in [-0.4, -0.2) is 58.5 Å². The third-order valence-electron chi connectivity index (χ3n) is 5.09. The van der Waals surface area contributed by atoms with E-state index >= 15 is 0 Å². The number of carbonyl (C=O) groups is 1. The average molecular weight is 392 g/mol. The molecule has 8 heteroatoms. The second-order valence-electron chi connectivity index (χ2n) is 7.05. The fourth-order valence-corrected chi connectivity index (χ4v) is 3.58. The molecule has 0 unspecified atom stereocenters. The van der Waals surface area contributed by atoms with Crippen molar-refractivity contribution in [2.24, 2.45) is 0 Å². The van der Waals surface area contributed by atoms with Crippen LogP contribution in [0.4, 0.5) is 5.69 Å². The minimum atomic E-state index is -0.153. The Kier molecular flexibility index (Phi) is 5.53. The fraction of sp³-hybridized carbons (Fsp3) is 0.333. The van der Waals surface area contributed by atoms with Gasteiger partial charge in [0.1, 0.15) is 11.5 Å². The van der Waals surface area contributed by atoms with Crippen molar-refractivity contribution < 1.29 is 4.79 Å². The second kappa shape index (κ2) is 8.40. The number of pyridine rings is 1. The number of benzene rings is 1. The molecule has 1 saturated heterocycles. The molecule has 1 amide bonds. The van der Waals surface area contributed by atoms with Gasteiger partial charge in [0.05, 0.1) is 17.4 Å². The first-order chi connectivity index (χ1) is 14.1. The van der Waals surface area contributed by atoms with Crippen LogP contribution >= 0.6 is 0 Å². The lowest BCUT2D eigenvalue weighted by molar-refractivity contribution is 0.0951. The zero-order chi connectivity index (χ0) is 20.2. The molecule has 0 spiro atoms. The largest absolute Gasteiger partial charge is 0.369 e. The van der Waals surface area contributed by atoms with E-state index in [1.807, 2.05) is 37.3 Å². The van der Waals surface area contributed by atoms with Crippen LogP contribution in [0.1, 0.15) is 23.2 Å². The summed E-state index contributed by atoms with van der Waals surface area (Å²) < 4.78 is 0. The number of aromatic amines is 1. The smallest absolute Gasteiger partial charge is 0.269 e. The molecule has 0 saturated carbocycles. The molecule has 0 aliphatic carbocycles. The summed E-state index contributed by atoms with van der Waals surface area (Å²) in [4.78, 5) is 40.4. The first-order valence-corrected chi connectivity index (χ1v) is 9.83. The minimum absolute atomic E-state index is 0.0982. The van der Waals surface area contributed by atoms with Crippen molar-refractivity contribution in [3.63, 3.8) is 0 Å². The Morgan fingerprint density at radius 1 is 1.17 bits per heavy atom. The summed E-state index contributed by atoms with van der Waals surface area (Å²) in [5.41, 5.74) is 2.06. The van der Waals surface area contributed by atoms with Gasteiger partial charge in [-0.1, -0.05) is 12.1 Å². The standard InChI is InChI=1S/C21H24N6O2/c1-2-22-21(29)18-13-15(7-8-23-18)27-11-9-26(10-12-27)14-19-24-17-6-4-3-5-16(17)20(28)25-19/h3-8,13H,2,9-12,14H2,1H3,(H,22,29)(H,24,25,28). The van der Waals surface area contributed by atoms with Crippen LogP contribution in [0.15, 0.2) is 47.4 Å². The Morgan fingerprint density at radius 3 is 2.76 bits per heavy atom. The predicted octanol–water partition coefficient (Wildman–Crippen LogP) is 1.39. The molecule has 150 valence electrons. The van der Waals surface area contributed by atoms with Gasteiger partial charge in [0.15, 0.2) is 0 Å². The van der Waals surface area contributed by atoms with Crippen molar-refractivity contribution in [2.45, 2.75) is 13.5 Å². The van der Waals surface area contributed by atoms with Crippen LogP contribution in [0, 0.1) is 0 Å². The first kappa shape index (κ1) is 19.1. The van der Waals surface area contributed by atoms with E-state index in [4.69, 9.17) is 0 Å². The predicted molar refractivity (Wildman–Crippen MR) is 112 cm³/mol. The Labute approximate surface area is 168 Å². The number of nitrogens with zero attached hydrogens (tertiary/aromatic N) is 4. The van der Waals surface area contributed by atoms with E-state index in [0.29, 0.717) is 30.0 Å². The number of para-hydroxylation sites is 1. The van der Waals surface area contributed by atoms with E-state index < -0.39 is 0 Å². The lowest BCUT2D eigenvalue weighted by Gasteiger charge is -2.35. The molecule has 4 rings (SSSR count). The number of piperazine rings is 1. The highest BCUT2D eigenvalue weighted by Gasteiger charge is 2.19. The summed E-state index contributed by atoms with van der Waals surface area (Å²) in [6.45, 7) is 6.42. The maximum absolute atomic E-state index is 12.3. The van der Waals surface area contributed by atoms with E-state index in [-0.39, 0.29) is 11.5 Å². The summed E-state index contributed by atoms with van der Waals surface area (Å²) in [5, 5.41) is 3.39. The van der Waals surface area contributed by atoms with E-state index in [9.17, 15) is 9.59 Å². The monoisotopic (exact) mass is 392 g/mol. The van der Waals surface area contributed by atoms with Crippen LogP contribution in [0.5, 0.6) is 0 Å². The molecule has 0 atom stereocenters. The number of rotatable bonds is 5. The molecule has 1 fully saturated rings. The molecule has 3 heterocycles. The van der Waals surface area contributed by atoms with Crippen molar-refractivity contribution >= 4 is 22.5 Å². The quantitative estimate of drug-likeness (QED) is 0.682. The number of anilines is 1. The van der Waals surface area contributed by atoms with E-state index in [0.717, 1.165) is 37.4 Å². The number of fused-ring (bicyclic) bond motifs is 1. The Hall–Kier alpha value is -3.26. The van der Waals surface area contributed by atoms with E-state index in [1.165, 1.54) is 0 Å². The molecule has 3 aromatic rings. The van der Waals surface area contributed by atoms with Crippen LogP contribution in [0.2, 0.25) is 0 Å². The van der Waals surface area contributed by atoms with E-state index in [2.05, 4.69) is 30.1 Å². The number of amides is 1. The zero-order valence-electron chi connectivity index (χ0n) is 16.4. The molecule has 8 nitrogen and oxygen atoms in total. The van der Waals surface area contributed by atoms with Gasteiger partial charge in [-0.15, -0.1) is 0 Å². The van der Waals surface area contributed by atoms with E-state index in [1.54, 1.807) is 12.3 Å². The van der Waals surface area contributed by atoms with Crippen molar-refractivity contribution in [1.82, 2.24) is 25.2 Å². The molecule has 1 aromatic carbocycles. The highest BCUT2D eigenvalue weighted by molar-refractivity contribution is 5.93. The van der Waals surface area contributed by atoms with Gasteiger partial charge < -0.3 is 15.2 Å². The number of hydrogen-bond acceptors (Lipinski definition) is 6. The highest BCUT2D eigenvalue weighted by atomic mass is 16.1. The van der Waals surface area contributed by atoms with Crippen molar-refractivity contribution in [2.75, 3.05) is 37.6 Å². The summed E-state index contributed by atoms with van der Waals surface area (Å²) in [5.74, 6) is 0.531. The van der Waals surface area contributed by atoms with Gasteiger partial charge in [0.25, 0.3) is 11.5 Å². The molecular weight excluding hydrogens is 368 g/mol. The first-order valence-electron chi connectivity index (χ1n) is 9.83. The third kappa shape index (κ3) is 4.27. The summed E-state index contributed by atoms with van der Waals surface area (Å²) in [7, 11) is 0. The highest BCUT2D eigenvalue weighted by Crippen LogP contribution is 2.18. The number of aromatic nitrogens is 3. The minimum Gasteiger partial charge on any atom is -0.369 e. The third-order valence-corrected chi connectivity index (χ3v) is 5.09. The van der Waals surface area contributed by atoms with Gasteiger partial charge >= 0.3 is 0 Å². The van der Waals surface area contributed by atoms with Crippen molar-refractivity contribution in [3.05, 3.63) is 64.5 Å². The Bertz CT molecular complexity index is 1070. The van der Waals surface area contributed by atoms with Crippen molar-refractivity contribution in [1.29, 1.82) is 0 Å². The van der Waals surface area contributed by atoms with Crippen LogP contribution in [0.25, 0.3) is 10.9 Å². The summed E-state index contributed by atoms with van der Waals surface area (Å²) in [6.07, 6.45) is 1.68. The van der Waals surface area contributed by atoms with Gasteiger partial charge in [-0.25, -0.2) is 4.98 Å². The zero-order valence-corrected chi connectivity index (χ0v) is 16.4. The van der Waals surface area contributed by atoms with Gasteiger partial charge in [-0.3, -0.25) is 19.5 Å². The summed E-state index contributed by atoms with van der Waals surface area (Å²) in [6, 6.07) is 11.1. The molecule has 0 radical (unpaired) electrons. The lowest BCUT2D eigenvalue weighted by Crippen LogP contribution is -2.46. The maximum Gasteiger partial charge on any atom is 0.269 e. The average Bonchev–Trinajstić information content (AvgIpc) is 2.75. The number of nitrogens with one attached hydrogen (secondary N) is 2. The Balaban J connectivity index is 1.41. The molecule has 29 heavy (non-hydrogen) atoms. The van der Waals surface area contributed by atoms with Crippen LogP contribution in [0.3, 0.4) is 0 Å². The van der Waals surface area contributed by atoms with Crippen LogP contribution < -0.4 is 15.8 Å². The number of hydrogen-bond donors (Lipinski definition) is 2. The molecule has 2 aromatic heterocycles. The topological polar surface area (TPSA) is 94.2 Å². The van der Waals surface area contributed by atoms with Crippen molar-refractivity contribution in [3.8, 4) is 0 Å². The molecule has 2 N–H and O–H groups in total. The van der Waals surface area contributed by atoms with Gasteiger partial charge in [-0.2, -0.15) is 0 Å². The normalized spacial score (nSPS) is 14.9. The SMILES string of the molecule is CCNC(=O)c1cc(N2CCN(Cc3nc4ccccc4c(=O)[nH]3)CC2)ccn1.